The minimum Gasteiger partial charge on any atom is -0.454 e. The van der Waals surface area contributed by atoms with Gasteiger partial charge in [0.2, 0.25) is 5.78 Å². The van der Waals surface area contributed by atoms with Gasteiger partial charge in [0.05, 0.1) is 11.1 Å². The summed E-state index contributed by atoms with van der Waals surface area (Å²) in [5.41, 5.74) is 3.34. The number of nitrogens with zero attached hydrogens (tertiary/aromatic N) is 1. The van der Waals surface area contributed by atoms with Crippen LogP contribution in [0.5, 0.6) is 0 Å². The van der Waals surface area contributed by atoms with E-state index >= 15 is 0 Å². The molecular formula is C25H23NO4. The molecule has 0 radical (unpaired) electrons. The minimum absolute atomic E-state index is 0.124. The number of para-hydroxylation sites is 1. The van der Waals surface area contributed by atoms with E-state index in [1.165, 1.54) is 11.0 Å². The van der Waals surface area contributed by atoms with E-state index < -0.39 is 5.97 Å². The fourth-order valence-corrected chi connectivity index (χ4v) is 3.12. The average Bonchev–Trinajstić information content (AvgIpc) is 2.78. The number of rotatable bonds is 6. The number of hydrogen-bond acceptors (Lipinski definition) is 4. The maximum absolute atomic E-state index is 13.0. The van der Waals surface area contributed by atoms with Gasteiger partial charge in [-0.2, -0.15) is 0 Å². The predicted octanol–water partition coefficient (Wildman–Crippen LogP) is 4.62. The zero-order chi connectivity index (χ0) is 21.7. The molecule has 5 nitrogen and oxygen atoms in total. The van der Waals surface area contributed by atoms with Gasteiger partial charge in [-0.15, -0.1) is 0 Å². The first-order valence-electron chi connectivity index (χ1n) is 9.58. The van der Waals surface area contributed by atoms with E-state index in [0.29, 0.717) is 11.3 Å². The summed E-state index contributed by atoms with van der Waals surface area (Å²) in [5, 5.41) is 0. The lowest BCUT2D eigenvalue weighted by molar-refractivity contribution is 0.0472. The first kappa shape index (κ1) is 21.0. The van der Waals surface area contributed by atoms with Gasteiger partial charge in [0.25, 0.3) is 5.91 Å². The number of aryl methyl sites for hydroxylation is 2. The highest BCUT2D eigenvalue weighted by molar-refractivity contribution is 6.12. The number of esters is 1. The summed E-state index contributed by atoms with van der Waals surface area (Å²) >= 11 is 0. The highest BCUT2D eigenvalue weighted by Crippen LogP contribution is 2.19. The zero-order valence-electron chi connectivity index (χ0n) is 17.2. The second-order valence-electron chi connectivity index (χ2n) is 7.06. The molecule has 0 saturated heterocycles. The second kappa shape index (κ2) is 9.18. The summed E-state index contributed by atoms with van der Waals surface area (Å²) in [5.74, 6) is -1.33. The van der Waals surface area contributed by atoms with E-state index in [4.69, 9.17) is 4.74 Å². The maximum Gasteiger partial charge on any atom is 0.339 e. The molecule has 0 aliphatic rings. The van der Waals surface area contributed by atoms with Crippen LogP contribution in [0.2, 0.25) is 0 Å². The molecule has 3 rings (SSSR count). The number of anilines is 1. The van der Waals surface area contributed by atoms with E-state index in [2.05, 4.69) is 0 Å². The molecule has 0 fully saturated rings. The fourth-order valence-electron chi connectivity index (χ4n) is 3.12. The number of Topliss-reactive ketones (excluding diaryl/α,β-unsaturated/α-hetero) is 1. The van der Waals surface area contributed by atoms with Crippen molar-refractivity contribution in [3.63, 3.8) is 0 Å². The number of amides is 1. The molecule has 3 aromatic rings. The van der Waals surface area contributed by atoms with Crippen LogP contribution in [-0.4, -0.2) is 31.3 Å². The Morgan fingerprint density at radius 2 is 1.43 bits per heavy atom. The van der Waals surface area contributed by atoms with Crippen LogP contribution in [0.25, 0.3) is 0 Å². The molecule has 3 aromatic carbocycles. The Morgan fingerprint density at radius 1 is 0.800 bits per heavy atom. The highest BCUT2D eigenvalue weighted by Gasteiger charge is 2.22. The van der Waals surface area contributed by atoms with Crippen LogP contribution < -0.4 is 4.90 Å². The normalized spacial score (nSPS) is 10.4. The van der Waals surface area contributed by atoms with Gasteiger partial charge in [0.15, 0.2) is 6.61 Å². The van der Waals surface area contributed by atoms with E-state index in [-0.39, 0.29) is 29.4 Å². The third-order valence-corrected chi connectivity index (χ3v) is 4.85. The SMILES string of the molecule is Cc1ccc(C)c(C(=O)COC(=O)c2ccccc2C(=O)N(C)c2ccccc2)c1. The zero-order valence-corrected chi connectivity index (χ0v) is 17.2. The monoisotopic (exact) mass is 401 g/mol. The highest BCUT2D eigenvalue weighted by atomic mass is 16.5. The van der Waals surface area contributed by atoms with Gasteiger partial charge in [-0.1, -0.05) is 48.0 Å². The lowest BCUT2D eigenvalue weighted by Gasteiger charge is -2.18. The standard InChI is InChI=1S/C25H23NO4/c1-17-13-14-18(2)22(15-17)23(27)16-30-25(29)21-12-8-7-11-20(21)24(28)26(3)19-9-5-4-6-10-19/h4-15H,16H2,1-3H3. The Hall–Kier alpha value is -3.73. The van der Waals surface area contributed by atoms with Crippen LogP contribution in [-0.2, 0) is 4.74 Å². The molecule has 5 heteroatoms. The van der Waals surface area contributed by atoms with Crippen molar-refractivity contribution >= 4 is 23.3 Å². The summed E-state index contributed by atoms with van der Waals surface area (Å²) in [6.45, 7) is 3.34. The van der Waals surface area contributed by atoms with E-state index in [1.54, 1.807) is 31.3 Å². The Bertz CT molecular complexity index is 1090. The molecule has 0 saturated carbocycles. The van der Waals surface area contributed by atoms with Gasteiger partial charge in [0.1, 0.15) is 0 Å². The number of benzene rings is 3. The largest absolute Gasteiger partial charge is 0.454 e. The topological polar surface area (TPSA) is 63.7 Å². The van der Waals surface area contributed by atoms with Crippen molar-refractivity contribution in [3.8, 4) is 0 Å². The summed E-state index contributed by atoms with van der Waals surface area (Å²) in [6, 6.07) is 21.1. The van der Waals surface area contributed by atoms with Crippen molar-refractivity contribution in [2.75, 3.05) is 18.6 Å². The number of ether oxygens (including phenoxy) is 1. The summed E-state index contributed by atoms with van der Waals surface area (Å²) in [4.78, 5) is 39.6. The van der Waals surface area contributed by atoms with Crippen LogP contribution in [0.3, 0.4) is 0 Å². The van der Waals surface area contributed by atoms with Gasteiger partial charge in [-0.3, -0.25) is 9.59 Å². The van der Waals surface area contributed by atoms with Crippen molar-refractivity contribution in [3.05, 3.63) is 101 Å². The summed E-state index contributed by atoms with van der Waals surface area (Å²) in [6.07, 6.45) is 0. The number of carbonyl (C=O) groups is 3. The number of ketones is 1. The van der Waals surface area contributed by atoms with Crippen molar-refractivity contribution in [2.45, 2.75) is 13.8 Å². The number of carbonyl (C=O) groups excluding carboxylic acids is 3. The molecule has 0 atom stereocenters. The summed E-state index contributed by atoms with van der Waals surface area (Å²) < 4.78 is 5.26. The van der Waals surface area contributed by atoms with Gasteiger partial charge < -0.3 is 9.64 Å². The van der Waals surface area contributed by atoms with Gasteiger partial charge in [-0.25, -0.2) is 4.79 Å². The molecule has 30 heavy (non-hydrogen) atoms. The van der Waals surface area contributed by atoms with Crippen molar-refractivity contribution in [1.29, 1.82) is 0 Å². The molecule has 0 aliphatic heterocycles. The Kier molecular flexibility index (Phi) is 6.42. The molecular weight excluding hydrogens is 378 g/mol. The lowest BCUT2D eigenvalue weighted by atomic mass is 10.0. The first-order valence-corrected chi connectivity index (χ1v) is 9.58. The molecule has 0 aromatic heterocycles. The molecule has 0 spiro atoms. The van der Waals surface area contributed by atoms with Crippen LogP contribution >= 0.6 is 0 Å². The Labute approximate surface area is 175 Å². The second-order valence-corrected chi connectivity index (χ2v) is 7.06. The van der Waals surface area contributed by atoms with Gasteiger partial charge in [0, 0.05) is 18.3 Å². The van der Waals surface area contributed by atoms with E-state index in [1.807, 2.05) is 56.3 Å². The van der Waals surface area contributed by atoms with E-state index in [0.717, 1.165) is 11.1 Å². The van der Waals surface area contributed by atoms with Crippen molar-refractivity contribution < 1.29 is 19.1 Å². The van der Waals surface area contributed by atoms with E-state index in [9.17, 15) is 14.4 Å². The molecule has 0 bridgehead atoms. The number of hydrogen-bond donors (Lipinski definition) is 0. The maximum atomic E-state index is 13.0. The Morgan fingerprint density at radius 3 is 2.13 bits per heavy atom. The minimum atomic E-state index is -0.709. The van der Waals surface area contributed by atoms with Crippen LogP contribution in [0, 0.1) is 13.8 Å². The molecule has 0 unspecified atom stereocenters. The lowest BCUT2D eigenvalue weighted by Crippen LogP contribution is -2.28. The molecule has 1 amide bonds. The van der Waals surface area contributed by atoms with Gasteiger partial charge >= 0.3 is 5.97 Å². The molecule has 152 valence electrons. The Balaban J connectivity index is 1.76. The predicted molar refractivity (Wildman–Crippen MR) is 116 cm³/mol. The van der Waals surface area contributed by atoms with Crippen LogP contribution in [0.1, 0.15) is 42.2 Å². The van der Waals surface area contributed by atoms with Gasteiger partial charge in [-0.05, 0) is 49.7 Å². The summed E-state index contributed by atoms with van der Waals surface area (Å²) in [7, 11) is 1.64. The average molecular weight is 401 g/mol. The molecule has 0 N–H and O–H groups in total. The fraction of sp³-hybridized carbons (Fsp3) is 0.160. The van der Waals surface area contributed by atoms with Crippen LogP contribution in [0.4, 0.5) is 5.69 Å². The third-order valence-electron chi connectivity index (χ3n) is 4.85. The van der Waals surface area contributed by atoms with Crippen molar-refractivity contribution in [2.24, 2.45) is 0 Å². The quantitative estimate of drug-likeness (QED) is 0.447. The van der Waals surface area contributed by atoms with Crippen LogP contribution in [0.15, 0.2) is 72.8 Å². The van der Waals surface area contributed by atoms with Crippen molar-refractivity contribution in [1.82, 2.24) is 0 Å². The first-order chi connectivity index (χ1) is 14.4. The molecule has 0 aliphatic carbocycles. The molecule has 0 heterocycles. The third kappa shape index (κ3) is 4.63. The smallest absolute Gasteiger partial charge is 0.339 e.